The molecule has 0 aliphatic rings. The van der Waals surface area contributed by atoms with Gasteiger partial charge in [-0.3, -0.25) is 9.59 Å². The Morgan fingerprint density at radius 2 is 0.649 bits per heavy atom. The van der Waals surface area contributed by atoms with Gasteiger partial charge >= 0.3 is 11.9 Å². The minimum atomic E-state index is -0.643. The Morgan fingerprint density at radius 1 is 0.432 bits per heavy atom. The van der Waals surface area contributed by atoms with Crippen LogP contribution in [0.15, 0.2) is 0 Å². The third-order valence-electron chi connectivity index (χ3n) is 6.41. The fourth-order valence-corrected chi connectivity index (χ4v) is 3.61. The van der Waals surface area contributed by atoms with Gasteiger partial charge in [0.25, 0.3) is 0 Å². The third-order valence-corrected chi connectivity index (χ3v) is 6.41. The number of rotatable bonds is 20. The summed E-state index contributed by atoms with van der Waals surface area (Å²) in [5.41, 5.74) is 0. The van der Waals surface area contributed by atoms with Crippen LogP contribution in [-0.2, 0) is 9.59 Å². The number of carboxylic acid groups (broad SMARTS) is 2. The van der Waals surface area contributed by atoms with Crippen molar-refractivity contribution in [2.75, 3.05) is 0 Å². The predicted molar refractivity (Wildman–Crippen MR) is 166 cm³/mol. The second-order valence-corrected chi connectivity index (χ2v) is 10.00. The molecule has 2 N–H and O–H groups in total. The standard InChI is InChI=1S/2C8H16O2.2C8H18.Sn/c2*1-3-5-6-7(4-2)8(9)10;2*1-3-5-7-8-6-4-2;/h2*7H,3-6H2,1-2H3,(H,9,10);2*3-8H2,1-2H3;. The zero-order chi connectivity index (χ0) is 28.5. The van der Waals surface area contributed by atoms with Crippen molar-refractivity contribution in [2.45, 2.75) is 184 Å². The molecule has 2 atom stereocenters. The molecule has 0 aliphatic heterocycles. The van der Waals surface area contributed by atoms with Crippen LogP contribution in [0, 0.1) is 11.8 Å². The van der Waals surface area contributed by atoms with Gasteiger partial charge in [-0.2, -0.15) is 0 Å². The summed E-state index contributed by atoms with van der Waals surface area (Å²) in [5, 5.41) is 17.2. The molecule has 0 fully saturated rings. The molecular formula is C32H68O4Sn. The number of hydrogen-bond acceptors (Lipinski definition) is 2. The quantitative estimate of drug-likeness (QED) is 0.103. The first-order chi connectivity index (χ1) is 17.3. The summed E-state index contributed by atoms with van der Waals surface area (Å²) in [6, 6.07) is 0. The number of carboxylic acids is 2. The van der Waals surface area contributed by atoms with Crippen LogP contribution in [0.4, 0.5) is 0 Å². The fourth-order valence-electron chi connectivity index (χ4n) is 3.61. The summed E-state index contributed by atoms with van der Waals surface area (Å²) in [6.45, 7) is 17.0. The van der Waals surface area contributed by atoms with Gasteiger partial charge in [0.1, 0.15) is 0 Å². The normalized spacial score (nSPS) is 11.2. The molecule has 0 amide bonds. The van der Waals surface area contributed by atoms with Crippen LogP contribution in [0.25, 0.3) is 0 Å². The first kappa shape index (κ1) is 46.6. The van der Waals surface area contributed by atoms with Crippen LogP contribution in [-0.4, -0.2) is 46.1 Å². The summed E-state index contributed by atoms with van der Waals surface area (Å²) >= 11 is 0. The summed E-state index contributed by atoms with van der Waals surface area (Å²) < 4.78 is 0. The Labute approximate surface area is 250 Å². The summed E-state index contributed by atoms with van der Waals surface area (Å²) in [6.07, 6.45) is 24.4. The fraction of sp³-hybridized carbons (Fsp3) is 0.938. The van der Waals surface area contributed by atoms with Gasteiger partial charge in [-0.1, -0.05) is 158 Å². The molecule has 37 heavy (non-hydrogen) atoms. The zero-order valence-corrected chi connectivity index (χ0v) is 29.4. The Bertz CT molecular complexity index is 366. The molecular weight excluding hydrogens is 567 g/mol. The minimum absolute atomic E-state index is 0. The van der Waals surface area contributed by atoms with E-state index in [4.69, 9.17) is 10.2 Å². The smallest absolute Gasteiger partial charge is 0.306 e. The Kier molecular flexibility index (Phi) is 53.9. The molecule has 0 aromatic heterocycles. The van der Waals surface area contributed by atoms with Gasteiger partial charge in [0.2, 0.25) is 0 Å². The number of unbranched alkanes of at least 4 members (excludes halogenated alkanes) is 12. The number of hydrogen-bond donors (Lipinski definition) is 2. The Morgan fingerprint density at radius 3 is 0.784 bits per heavy atom. The van der Waals surface area contributed by atoms with E-state index in [0.29, 0.717) is 0 Å². The second-order valence-electron chi connectivity index (χ2n) is 10.00. The summed E-state index contributed by atoms with van der Waals surface area (Å²) in [4.78, 5) is 20.9. The molecule has 4 radical (unpaired) electrons. The molecule has 0 heterocycles. The van der Waals surface area contributed by atoms with Crippen molar-refractivity contribution in [3.05, 3.63) is 0 Å². The molecule has 0 aromatic rings. The molecule has 0 rings (SSSR count). The topological polar surface area (TPSA) is 74.6 Å². The molecule has 0 aliphatic carbocycles. The van der Waals surface area contributed by atoms with E-state index < -0.39 is 11.9 Å². The first-order valence-electron chi connectivity index (χ1n) is 15.7. The van der Waals surface area contributed by atoms with E-state index in [2.05, 4.69) is 41.5 Å². The van der Waals surface area contributed by atoms with Gasteiger partial charge in [-0.05, 0) is 25.7 Å². The van der Waals surface area contributed by atoms with Crippen molar-refractivity contribution < 1.29 is 19.8 Å². The van der Waals surface area contributed by atoms with Crippen LogP contribution in [0.2, 0.25) is 0 Å². The predicted octanol–water partition coefficient (Wildman–Crippen LogP) is 10.9. The van der Waals surface area contributed by atoms with Crippen molar-refractivity contribution in [1.82, 2.24) is 0 Å². The van der Waals surface area contributed by atoms with Crippen molar-refractivity contribution in [3.8, 4) is 0 Å². The van der Waals surface area contributed by atoms with Gasteiger partial charge < -0.3 is 10.2 Å². The largest absolute Gasteiger partial charge is 0.481 e. The SMILES string of the molecule is CCCCC(CC)C(=O)O.CCCCC(CC)C(=O)O.CCCCCCCC.CCCCCCCC.[Sn]. The van der Waals surface area contributed by atoms with Gasteiger partial charge in [-0.15, -0.1) is 0 Å². The van der Waals surface area contributed by atoms with E-state index in [-0.39, 0.29) is 35.7 Å². The molecule has 4 nitrogen and oxygen atoms in total. The molecule has 0 saturated heterocycles. The van der Waals surface area contributed by atoms with E-state index in [9.17, 15) is 9.59 Å². The average Bonchev–Trinajstić information content (AvgIpc) is 2.86. The number of carbonyl (C=O) groups is 2. The van der Waals surface area contributed by atoms with Crippen molar-refractivity contribution in [1.29, 1.82) is 0 Å². The van der Waals surface area contributed by atoms with Gasteiger partial charge in [-0.25, -0.2) is 0 Å². The van der Waals surface area contributed by atoms with Crippen molar-refractivity contribution in [3.63, 3.8) is 0 Å². The molecule has 2 unspecified atom stereocenters. The summed E-state index contributed by atoms with van der Waals surface area (Å²) in [5.74, 6) is -1.51. The monoisotopic (exact) mass is 636 g/mol. The van der Waals surface area contributed by atoms with Crippen LogP contribution in [0.5, 0.6) is 0 Å². The molecule has 0 saturated carbocycles. The van der Waals surface area contributed by atoms with E-state index in [1.807, 2.05) is 13.8 Å². The van der Waals surface area contributed by atoms with Crippen LogP contribution < -0.4 is 0 Å². The van der Waals surface area contributed by atoms with Gasteiger partial charge in [0.05, 0.1) is 11.8 Å². The maximum Gasteiger partial charge on any atom is 0.306 e. The van der Waals surface area contributed by atoms with Gasteiger partial charge in [0.15, 0.2) is 0 Å². The van der Waals surface area contributed by atoms with E-state index in [1.54, 1.807) is 0 Å². The first-order valence-corrected chi connectivity index (χ1v) is 15.7. The van der Waals surface area contributed by atoms with Crippen LogP contribution in [0.3, 0.4) is 0 Å². The van der Waals surface area contributed by atoms with Crippen molar-refractivity contribution in [2.24, 2.45) is 11.8 Å². The molecule has 0 aromatic carbocycles. The zero-order valence-electron chi connectivity index (χ0n) is 26.5. The van der Waals surface area contributed by atoms with Crippen LogP contribution >= 0.6 is 0 Å². The Balaban J connectivity index is -0.000000123. The minimum Gasteiger partial charge on any atom is -0.481 e. The maximum atomic E-state index is 10.4. The van der Waals surface area contributed by atoms with E-state index in [1.165, 1.54) is 77.0 Å². The van der Waals surface area contributed by atoms with E-state index >= 15 is 0 Å². The molecule has 0 spiro atoms. The Hall–Kier alpha value is -0.261. The molecule has 0 bridgehead atoms. The average molecular weight is 636 g/mol. The summed E-state index contributed by atoms with van der Waals surface area (Å²) in [7, 11) is 0. The van der Waals surface area contributed by atoms with E-state index in [0.717, 1.165) is 51.4 Å². The van der Waals surface area contributed by atoms with Crippen LogP contribution in [0.1, 0.15) is 184 Å². The molecule has 224 valence electrons. The number of aliphatic carboxylic acids is 2. The second kappa shape index (κ2) is 42.8. The molecule has 5 heteroatoms. The van der Waals surface area contributed by atoms with Gasteiger partial charge in [0, 0.05) is 23.9 Å². The third kappa shape index (κ3) is 46.0. The van der Waals surface area contributed by atoms with Crippen molar-refractivity contribution >= 4 is 35.8 Å². The maximum absolute atomic E-state index is 10.4.